The van der Waals surface area contributed by atoms with E-state index in [9.17, 15) is 0 Å². The fraction of sp³-hybridized carbons (Fsp3) is 0.538. The molecule has 0 bridgehead atoms. The Morgan fingerprint density at radius 3 is 2.76 bits per heavy atom. The van der Waals surface area contributed by atoms with Crippen molar-refractivity contribution in [1.29, 1.82) is 0 Å². The Balaban J connectivity index is 1.99. The van der Waals surface area contributed by atoms with Crippen LogP contribution in [0.5, 0.6) is 0 Å². The summed E-state index contributed by atoms with van der Waals surface area (Å²) in [6.45, 7) is 5.42. The first kappa shape index (κ1) is 13.7. The Morgan fingerprint density at radius 1 is 1.24 bits per heavy atom. The van der Waals surface area contributed by atoms with E-state index >= 15 is 0 Å². The lowest BCUT2D eigenvalue weighted by Gasteiger charge is -2.37. The number of nitrogens with one attached hydrogen (secondary N) is 1. The van der Waals surface area contributed by atoms with Gasteiger partial charge in [-0.15, -0.1) is 0 Å². The first-order valence-electron chi connectivity index (χ1n) is 7.16. The molecule has 8 heteroatoms. The molecule has 2 unspecified atom stereocenters. The molecular formula is C13H20N8. The van der Waals surface area contributed by atoms with Gasteiger partial charge in [0.15, 0.2) is 0 Å². The van der Waals surface area contributed by atoms with Crippen molar-refractivity contribution in [2.45, 2.75) is 32.7 Å². The van der Waals surface area contributed by atoms with Crippen molar-refractivity contribution in [3.05, 3.63) is 18.7 Å². The van der Waals surface area contributed by atoms with Gasteiger partial charge < -0.3 is 4.90 Å². The van der Waals surface area contributed by atoms with E-state index in [-0.39, 0.29) is 0 Å². The second-order valence-corrected chi connectivity index (χ2v) is 5.43. The number of hydrazine groups is 1. The van der Waals surface area contributed by atoms with E-state index in [1.165, 1.54) is 6.42 Å². The lowest BCUT2D eigenvalue weighted by molar-refractivity contribution is 0.359. The number of anilines is 2. The second kappa shape index (κ2) is 5.65. The summed E-state index contributed by atoms with van der Waals surface area (Å²) in [5, 5.41) is 0. The lowest BCUT2D eigenvalue weighted by Crippen LogP contribution is -2.43. The van der Waals surface area contributed by atoms with Crippen LogP contribution in [0.25, 0.3) is 5.95 Å². The molecule has 3 N–H and O–H groups in total. The minimum atomic E-state index is 0.356. The summed E-state index contributed by atoms with van der Waals surface area (Å²) >= 11 is 0. The normalized spacial score (nSPS) is 22.3. The zero-order valence-corrected chi connectivity index (χ0v) is 12.3. The third-order valence-electron chi connectivity index (χ3n) is 4.11. The molecule has 0 amide bonds. The highest BCUT2D eigenvalue weighted by Gasteiger charge is 2.27. The topological polar surface area (TPSA) is 97.8 Å². The van der Waals surface area contributed by atoms with Crippen LogP contribution in [0.4, 0.5) is 11.9 Å². The summed E-state index contributed by atoms with van der Waals surface area (Å²) in [7, 11) is 0. The third kappa shape index (κ3) is 2.66. The summed E-state index contributed by atoms with van der Waals surface area (Å²) in [4.78, 5) is 19.5. The Morgan fingerprint density at radius 2 is 2.05 bits per heavy atom. The molecule has 0 radical (unpaired) electrons. The zero-order chi connectivity index (χ0) is 14.8. The highest BCUT2D eigenvalue weighted by atomic mass is 15.4. The van der Waals surface area contributed by atoms with Crippen molar-refractivity contribution < 1.29 is 0 Å². The van der Waals surface area contributed by atoms with Crippen LogP contribution >= 0.6 is 0 Å². The smallest absolute Gasteiger partial charge is 0.243 e. The minimum Gasteiger partial charge on any atom is -0.338 e. The van der Waals surface area contributed by atoms with Crippen molar-refractivity contribution >= 4 is 11.9 Å². The maximum absolute atomic E-state index is 5.49. The van der Waals surface area contributed by atoms with Gasteiger partial charge in [-0.3, -0.25) is 9.99 Å². The van der Waals surface area contributed by atoms with Crippen LogP contribution in [0.1, 0.15) is 26.7 Å². The monoisotopic (exact) mass is 288 g/mol. The molecular weight excluding hydrogens is 268 g/mol. The first-order chi connectivity index (χ1) is 10.2. The molecule has 1 saturated heterocycles. The summed E-state index contributed by atoms with van der Waals surface area (Å²) in [5.41, 5.74) is 2.51. The van der Waals surface area contributed by atoms with Crippen LogP contribution in [0.3, 0.4) is 0 Å². The van der Waals surface area contributed by atoms with Gasteiger partial charge in [0.25, 0.3) is 0 Å². The standard InChI is InChI=1S/C13H20N8/c1-9-4-3-6-21(10(9)2)13-17-11(19-14)16-12(18-13)20-7-5-15-8-20/h5,7-10H,3-4,6,14H2,1-2H3,(H,16,17,18,19). The van der Waals surface area contributed by atoms with Crippen molar-refractivity contribution in [2.24, 2.45) is 11.8 Å². The molecule has 2 aromatic heterocycles. The van der Waals surface area contributed by atoms with Crippen LogP contribution < -0.4 is 16.2 Å². The number of rotatable bonds is 3. The Kier molecular flexibility index (Phi) is 3.70. The van der Waals surface area contributed by atoms with Gasteiger partial charge in [0, 0.05) is 25.0 Å². The van der Waals surface area contributed by atoms with Crippen LogP contribution in [0, 0.1) is 5.92 Å². The second-order valence-electron chi connectivity index (χ2n) is 5.43. The van der Waals surface area contributed by atoms with Gasteiger partial charge in [-0.2, -0.15) is 15.0 Å². The van der Waals surface area contributed by atoms with Crippen molar-refractivity contribution in [3.8, 4) is 5.95 Å². The SMILES string of the molecule is CC1CCCN(c2nc(NN)nc(-n3ccnc3)n2)C1C. The van der Waals surface area contributed by atoms with E-state index in [2.05, 4.69) is 44.1 Å². The summed E-state index contributed by atoms with van der Waals surface area (Å²) < 4.78 is 1.74. The third-order valence-corrected chi connectivity index (χ3v) is 4.11. The lowest BCUT2D eigenvalue weighted by atomic mass is 9.92. The van der Waals surface area contributed by atoms with Gasteiger partial charge in [-0.25, -0.2) is 10.8 Å². The number of hydrogen-bond donors (Lipinski definition) is 2. The molecule has 8 nitrogen and oxygen atoms in total. The van der Waals surface area contributed by atoms with Gasteiger partial charge in [0.05, 0.1) is 0 Å². The van der Waals surface area contributed by atoms with Gasteiger partial charge in [-0.1, -0.05) is 6.92 Å². The van der Waals surface area contributed by atoms with E-state index in [1.54, 1.807) is 23.3 Å². The molecule has 2 aromatic rings. The molecule has 1 fully saturated rings. The van der Waals surface area contributed by atoms with E-state index in [4.69, 9.17) is 5.84 Å². The average molecular weight is 288 g/mol. The summed E-state index contributed by atoms with van der Waals surface area (Å²) in [6.07, 6.45) is 7.51. The van der Waals surface area contributed by atoms with Gasteiger partial charge in [-0.05, 0) is 25.7 Å². The molecule has 1 aliphatic rings. The summed E-state index contributed by atoms with van der Waals surface area (Å²) in [5.74, 6) is 7.62. The Hall–Kier alpha value is -2.22. The number of imidazole rings is 1. The number of nitrogens with two attached hydrogens (primary N) is 1. The molecule has 3 heterocycles. The first-order valence-corrected chi connectivity index (χ1v) is 7.16. The number of aromatic nitrogens is 5. The van der Waals surface area contributed by atoms with Crippen LogP contribution in [-0.2, 0) is 0 Å². The highest BCUT2D eigenvalue weighted by molar-refractivity contribution is 5.41. The highest BCUT2D eigenvalue weighted by Crippen LogP contribution is 2.26. The molecule has 0 spiro atoms. The fourth-order valence-corrected chi connectivity index (χ4v) is 2.66. The quantitative estimate of drug-likeness (QED) is 0.641. The van der Waals surface area contributed by atoms with Crippen molar-refractivity contribution in [1.82, 2.24) is 24.5 Å². The molecule has 3 rings (SSSR count). The molecule has 112 valence electrons. The van der Waals surface area contributed by atoms with Crippen molar-refractivity contribution in [2.75, 3.05) is 16.9 Å². The molecule has 21 heavy (non-hydrogen) atoms. The molecule has 2 atom stereocenters. The Bertz CT molecular complexity index is 596. The molecule has 1 aliphatic heterocycles. The zero-order valence-electron chi connectivity index (χ0n) is 12.3. The number of hydrogen-bond acceptors (Lipinski definition) is 7. The number of nitrogens with zero attached hydrogens (tertiary/aromatic N) is 6. The van der Waals surface area contributed by atoms with Crippen LogP contribution in [0.2, 0.25) is 0 Å². The predicted octanol–water partition coefficient (Wildman–Crippen LogP) is 0.968. The fourth-order valence-electron chi connectivity index (χ4n) is 2.66. The number of nitrogen functional groups attached to an aromatic ring is 1. The predicted molar refractivity (Wildman–Crippen MR) is 80.0 cm³/mol. The maximum Gasteiger partial charge on any atom is 0.243 e. The molecule has 0 aromatic carbocycles. The van der Waals surface area contributed by atoms with E-state index in [0.29, 0.717) is 29.8 Å². The minimum absolute atomic E-state index is 0.356. The van der Waals surface area contributed by atoms with Gasteiger partial charge in [0.1, 0.15) is 6.33 Å². The summed E-state index contributed by atoms with van der Waals surface area (Å²) in [6, 6.07) is 0.391. The van der Waals surface area contributed by atoms with Crippen LogP contribution in [0.15, 0.2) is 18.7 Å². The van der Waals surface area contributed by atoms with E-state index in [0.717, 1.165) is 13.0 Å². The van der Waals surface area contributed by atoms with Gasteiger partial charge in [0.2, 0.25) is 17.8 Å². The maximum atomic E-state index is 5.49. The van der Waals surface area contributed by atoms with E-state index in [1.807, 2.05) is 0 Å². The van der Waals surface area contributed by atoms with Crippen molar-refractivity contribution in [3.63, 3.8) is 0 Å². The Labute approximate surface area is 123 Å². The molecule has 0 aliphatic carbocycles. The van der Waals surface area contributed by atoms with Gasteiger partial charge >= 0.3 is 0 Å². The molecule has 0 saturated carbocycles. The largest absolute Gasteiger partial charge is 0.338 e. The van der Waals surface area contributed by atoms with E-state index < -0.39 is 0 Å². The number of piperidine rings is 1. The average Bonchev–Trinajstić information content (AvgIpc) is 3.04. The van der Waals surface area contributed by atoms with Crippen LogP contribution in [-0.4, -0.2) is 37.1 Å².